The van der Waals surface area contributed by atoms with Crippen LogP contribution in [-0.4, -0.2) is 22.2 Å². The minimum absolute atomic E-state index is 0.00630. The van der Waals surface area contributed by atoms with Crippen LogP contribution in [0.25, 0.3) is 0 Å². The number of halogens is 2. The first kappa shape index (κ1) is 14.3. The molecule has 0 aliphatic carbocycles. The summed E-state index contributed by atoms with van der Waals surface area (Å²) in [7, 11) is 0. The lowest BCUT2D eigenvalue weighted by Gasteiger charge is -2.02. The van der Waals surface area contributed by atoms with E-state index in [2.05, 4.69) is 15.5 Å². The lowest BCUT2D eigenvalue weighted by atomic mass is 10.2. The van der Waals surface area contributed by atoms with Crippen molar-refractivity contribution in [2.24, 2.45) is 5.10 Å². The maximum absolute atomic E-state index is 11.8. The highest BCUT2D eigenvalue weighted by atomic mass is 35.5. The number of pyridine rings is 1. The summed E-state index contributed by atoms with van der Waals surface area (Å²) in [4.78, 5) is 15.6. The molecule has 102 valence electrons. The van der Waals surface area contributed by atoms with Crippen LogP contribution in [0.15, 0.2) is 41.6 Å². The number of aromatic hydroxyl groups is 1. The summed E-state index contributed by atoms with van der Waals surface area (Å²) in [5.74, 6) is -0.493. The molecule has 0 unspecified atom stereocenters. The zero-order chi connectivity index (χ0) is 14.5. The number of aromatic nitrogens is 1. The van der Waals surface area contributed by atoms with Crippen LogP contribution in [0.2, 0.25) is 10.2 Å². The molecule has 2 rings (SSSR count). The van der Waals surface area contributed by atoms with Crippen molar-refractivity contribution in [1.82, 2.24) is 10.4 Å². The Hall–Kier alpha value is -2.11. The van der Waals surface area contributed by atoms with E-state index in [1.807, 2.05) is 0 Å². The van der Waals surface area contributed by atoms with E-state index in [1.165, 1.54) is 30.6 Å². The molecule has 0 fully saturated rings. The Labute approximate surface area is 124 Å². The van der Waals surface area contributed by atoms with Gasteiger partial charge >= 0.3 is 0 Å². The Bertz CT molecular complexity index is 674. The molecule has 0 bridgehead atoms. The molecule has 0 spiro atoms. The number of rotatable bonds is 3. The van der Waals surface area contributed by atoms with Gasteiger partial charge < -0.3 is 5.11 Å². The fraction of sp³-hybridized carbons (Fsp3) is 0. The van der Waals surface area contributed by atoms with Crippen LogP contribution in [0, 0.1) is 0 Å². The van der Waals surface area contributed by atoms with Gasteiger partial charge in [0, 0.05) is 16.8 Å². The minimum atomic E-state index is -0.499. The third kappa shape index (κ3) is 3.46. The van der Waals surface area contributed by atoms with Crippen LogP contribution in [0.5, 0.6) is 5.75 Å². The van der Waals surface area contributed by atoms with Gasteiger partial charge in [-0.15, -0.1) is 0 Å². The number of nitrogens with one attached hydrogen (secondary N) is 1. The SMILES string of the molecule is O=C(NN=Cc1cc(Cl)ccc1O)c1cccnc1Cl. The van der Waals surface area contributed by atoms with E-state index >= 15 is 0 Å². The molecular formula is C13H9Cl2N3O2. The zero-order valence-electron chi connectivity index (χ0n) is 10.0. The van der Waals surface area contributed by atoms with Gasteiger partial charge in [-0.1, -0.05) is 23.2 Å². The van der Waals surface area contributed by atoms with Crippen molar-refractivity contribution in [3.63, 3.8) is 0 Å². The predicted octanol–water partition coefficient (Wildman–Crippen LogP) is 2.86. The summed E-state index contributed by atoms with van der Waals surface area (Å²) >= 11 is 11.6. The highest BCUT2D eigenvalue weighted by Gasteiger charge is 2.09. The normalized spacial score (nSPS) is 10.7. The molecule has 0 saturated carbocycles. The molecule has 1 amide bonds. The quantitative estimate of drug-likeness (QED) is 0.520. The fourth-order valence-corrected chi connectivity index (χ4v) is 1.79. The molecule has 20 heavy (non-hydrogen) atoms. The molecule has 0 radical (unpaired) electrons. The smallest absolute Gasteiger partial charge is 0.274 e. The van der Waals surface area contributed by atoms with E-state index in [9.17, 15) is 9.90 Å². The number of phenols is 1. The Morgan fingerprint density at radius 3 is 2.90 bits per heavy atom. The van der Waals surface area contributed by atoms with Gasteiger partial charge in [0.05, 0.1) is 11.8 Å². The van der Waals surface area contributed by atoms with E-state index in [0.29, 0.717) is 10.6 Å². The number of hydrogen-bond donors (Lipinski definition) is 2. The second-order valence-electron chi connectivity index (χ2n) is 3.74. The van der Waals surface area contributed by atoms with Crippen LogP contribution < -0.4 is 5.43 Å². The number of phenolic OH excluding ortho intramolecular Hbond substituents is 1. The van der Waals surface area contributed by atoms with Crippen LogP contribution in [0.1, 0.15) is 15.9 Å². The lowest BCUT2D eigenvalue weighted by Crippen LogP contribution is -2.18. The average molecular weight is 310 g/mol. The Kier molecular flexibility index (Phi) is 4.55. The molecule has 1 aromatic carbocycles. The molecule has 5 nitrogen and oxygen atoms in total. The Morgan fingerprint density at radius 2 is 2.15 bits per heavy atom. The van der Waals surface area contributed by atoms with E-state index in [0.717, 1.165) is 0 Å². The van der Waals surface area contributed by atoms with E-state index in [1.54, 1.807) is 12.1 Å². The number of hydrogen-bond acceptors (Lipinski definition) is 4. The second-order valence-corrected chi connectivity index (χ2v) is 4.54. The number of hydrazone groups is 1. The molecular weight excluding hydrogens is 301 g/mol. The molecule has 0 atom stereocenters. The van der Waals surface area contributed by atoms with Crippen molar-refractivity contribution in [3.05, 3.63) is 57.8 Å². The van der Waals surface area contributed by atoms with Crippen LogP contribution in [0.3, 0.4) is 0 Å². The number of nitrogens with zero attached hydrogens (tertiary/aromatic N) is 2. The maximum Gasteiger partial charge on any atom is 0.274 e. The van der Waals surface area contributed by atoms with Crippen molar-refractivity contribution >= 4 is 35.3 Å². The van der Waals surface area contributed by atoms with Gasteiger partial charge in [0.15, 0.2) is 0 Å². The number of carbonyl (C=O) groups excluding carboxylic acids is 1. The number of amides is 1. The first-order chi connectivity index (χ1) is 9.58. The molecule has 1 aromatic heterocycles. The predicted molar refractivity (Wildman–Crippen MR) is 77.4 cm³/mol. The zero-order valence-corrected chi connectivity index (χ0v) is 11.6. The third-order valence-electron chi connectivity index (χ3n) is 2.36. The van der Waals surface area contributed by atoms with Crippen molar-refractivity contribution in [2.75, 3.05) is 0 Å². The summed E-state index contributed by atoms with van der Waals surface area (Å²) in [5.41, 5.74) is 2.88. The molecule has 2 N–H and O–H groups in total. The van der Waals surface area contributed by atoms with Gasteiger partial charge in [-0.25, -0.2) is 10.4 Å². The largest absolute Gasteiger partial charge is 0.507 e. The molecule has 0 aliphatic rings. The first-order valence-electron chi connectivity index (χ1n) is 5.50. The van der Waals surface area contributed by atoms with Crippen LogP contribution in [-0.2, 0) is 0 Å². The Balaban J connectivity index is 2.09. The summed E-state index contributed by atoms with van der Waals surface area (Å²) in [5, 5.41) is 13.8. The Morgan fingerprint density at radius 1 is 1.35 bits per heavy atom. The van der Waals surface area contributed by atoms with Crippen molar-refractivity contribution < 1.29 is 9.90 Å². The lowest BCUT2D eigenvalue weighted by molar-refractivity contribution is 0.0955. The molecule has 1 heterocycles. The molecule has 2 aromatic rings. The standard InChI is InChI=1S/C13H9Cl2N3O2/c14-9-3-4-11(19)8(6-9)7-17-18-13(20)10-2-1-5-16-12(10)15/h1-7,19H,(H,18,20). The van der Waals surface area contributed by atoms with Gasteiger partial charge in [0.1, 0.15) is 10.9 Å². The highest BCUT2D eigenvalue weighted by Crippen LogP contribution is 2.19. The third-order valence-corrected chi connectivity index (χ3v) is 2.90. The maximum atomic E-state index is 11.8. The van der Waals surface area contributed by atoms with Crippen molar-refractivity contribution in [2.45, 2.75) is 0 Å². The van der Waals surface area contributed by atoms with E-state index < -0.39 is 5.91 Å². The molecule has 0 aliphatic heterocycles. The topological polar surface area (TPSA) is 74.6 Å². The van der Waals surface area contributed by atoms with E-state index in [-0.39, 0.29) is 16.5 Å². The highest BCUT2D eigenvalue weighted by molar-refractivity contribution is 6.32. The summed E-state index contributed by atoms with van der Waals surface area (Å²) in [6.45, 7) is 0. The average Bonchev–Trinajstić information content (AvgIpc) is 2.43. The summed E-state index contributed by atoms with van der Waals surface area (Å²) in [6, 6.07) is 7.61. The van der Waals surface area contributed by atoms with Crippen LogP contribution >= 0.6 is 23.2 Å². The number of carbonyl (C=O) groups is 1. The van der Waals surface area contributed by atoms with Gasteiger partial charge in [-0.2, -0.15) is 5.10 Å². The van der Waals surface area contributed by atoms with E-state index in [4.69, 9.17) is 23.2 Å². The first-order valence-corrected chi connectivity index (χ1v) is 6.26. The van der Waals surface area contributed by atoms with Crippen molar-refractivity contribution in [3.8, 4) is 5.75 Å². The van der Waals surface area contributed by atoms with Gasteiger partial charge in [0.2, 0.25) is 0 Å². The van der Waals surface area contributed by atoms with Crippen molar-refractivity contribution in [1.29, 1.82) is 0 Å². The molecule has 7 heteroatoms. The van der Waals surface area contributed by atoms with Gasteiger partial charge in [-0.05, 0) is 30.3 Å². The summed E-state index contributed by atoms with van der Waals surface area (Å²) in [6.07, 6.45) is 2.76. The minimum Gasteiger partial charge on any atom is -0.507 e. The second kappa shape index (κ2) is 6.36. The molecule has 0 saturated heterocycles. The van der Waals surface area contributed by atoms with Crippen LogP contribution in [0.4, 0.5) is 0 Å². The number of benzene rings is 1. The van der Waals surface area contributed by atoms with Gasteiger partial charge in [-0.3, -0.25) is 4.79 Å². The van der Waals surface area contributed by atoms with Gasteiger partial charge in [0.25, 0.3) is 5.91 Å². The summed E-state index contributed by atoms with van der Waals surface area (Å²) < 4.78 is 0. The fourth-order valence-electron chi connectivity index (χ4n) is 1.40. The monoisotopic (exact) mass is 309 g/mol.